The molecule has 0 aliphatic carbocycles. The second-order valence-electron chi connectivity index (χ2n) is 8.23. The van der Waals surface area contributed by atoms with Crippen LogP contribution < -0.4 is 20.1 Å². The van der Waals surface area contributed by atoms with Crippen LogP contribution in [0.1, 0.15) is 56.9 Å². The summed E-state index contributed by atoms with van der Waals surface area (Å²) in [5, 5.41) is 11.4. The van der Waals surface area contributed by atoms with E-state index in [-0.39, 0.29) is 35.4 Å². The molecule has 0 fully saturated rings. The first kappa shape index (κ1) is 25.2. The van der Waals surface area contributed by atoms with Crippen molar-refractivity contribution >= 4 is 29.9 Å². The molecule has 1 unspecified atom stereocenters. The third-order valence-corrected chi connectivity index (χ3v) is 5.43. The summed E-state index contributed by atoms with van der Waals surface area (Å²) in [6.07, 6.45) is 2.09. The number of hydrogen-bond acceptors (Lipinski definition) is 5. The first-order valence-electron chi connectivity index (χ1n) is 10.6. The molecular weight excluding hydrogens is 507 g/mol. The van der Waals surface area contributed by atoms with E-state index in [1.165, 1.54) is 0 Å². The highest BCUT2D eigenvalue weighted by atomic mass is 127. The van der Waals surface area contributed by atoms with E-state index < -0.39 is 0 Å². The van der Waals surface area contributed by atoms with Gasteiger partial charge in [-0.3, -0.25) is 4.99 Å². The standard InChI is InChI=1S/C22H34N6O2.HI/c1-7-23-21(26-17-9-8-12-28-20(17)25-15(2)27-28)24-14-22(3,4)16-10-11-18(29-5)19(13-16)30-6;/h10-11,13,17H,7-9,12,14H2,1-6H3,(H2,23,24,26);1H. The van der Waals surface area contributed by atoms with Crippen LogP contribution in [0.4, 0.5) is 0 Å². The van der Waals surface area contributed by atoms with Gasteiger partial charge >= 0.3 is 0 Å². The first-order valence-corrected chi connectivity index (χ1v) is 10.6. The van der Waals surface area contributed by atoms with Gasteiger partial charge in [-0.1, -0.05) is 19.9 Å². The van der Waals surface area contributed by atoms with Gasteiger partial charge in [0.2, 0.25) is 0 Å². The van der Waals surface area contributed by atoms with Crippen molar-refractivity contribution < 1.29 is 9.47 Å². The third-order valence-electron chi connectivity index (χ3n) is 5.43. The number of ether oxygens (including phenoxy) is 2. The van der Waals surface area contributed by atoms with Crippen molar-refractivity contribution in [2.75, 3.05) is 27.3 Å². The van der Waals surface area contributed by atoms with Gasteiger partial charge in [0, 0.05) is 18.5 Å². The second kappa shape index (κ2) is 11.0. The Hall–Kier alpha value is -2.04. The number of aromatic nitrogens is 3. The molecule has 2 heterocycles. The van der Waals surface area contributed by atoms with Crippen molar-refractivity contribution in [3.63, 3.8) is 0 Å². The van der Waals surface area contributed by atoms with Crippen molar-refractivity contribution in [2.24, 2.45) is 4.99 Å². The van der Waals surface area contributed by atoms with Crippen molar-refractivity contribution in [3.8, 4) is 11.5 Å². The Labute approximate surface area is 202 Å². The summed E-state index contributed by atoms with van der Waals surface area (Å²) >= 11 is 0. The molecule has 0 bridgehead atoms. The fourth-order valence-corrected chi connectivity index (χ4v) is 3.72. The van der Waals surface area contributed by atoms with E-state index in [9.17, 15) is 0 Å². The van der Waals surface area contributed by atoms with E-state index in [1.54, 1.807) is 14.2 Å². The van der Waals surface area contributed by atoms with E-state index in [1.807, 2.05) is 23.7 Å². The number of rotatable bonds is 7. The average molecular weight is 542 g/mol. The number of nitrogens with one attached hydrogen (secondary N) is 2. The Morgan fingerprint density at radius 2 is 2.00 bits per heavy atom. The summed E-state index contributed by atoms with van der Waals surface area (Å²) in [7, 11) is 3.31. The van der Waals surface area contributed by atoms with Crippen molar-refractivity contribution in [1.29, 1.82) is 0 Å². The Kier molecular flexibility index (Phi) is 8.96. The number of fused-ring (bicyclic) bond motifs is 1. The molecule has 2 N–H and O–H groups in total. The summed E-state index contributed by atoms with van der Waals surface area (Å²) in [4.78, 5) is 9.52. The number of benzene rings is 1. The van der Waals surface area contributed by atoms with E-state index >= 15 is 0 Å². The number of methoxy groups -OCH3 is 2. The van der Waals surface area contributed by atoms with Crippen LogP contribution in [0.5, 0.6) is 11.5 Å². The van der Waals surface area contributed by atoms with Crippen LogP contribution in [-0.2, 0) is 12.0 Å². The highest BCUT2D eigenvalue weighted by Crippen LogP contribution is 2.33. The molecule has 9 heteroatoms. The number of aryl methyl sites for hydroxylation is 2. The van der Waals surface area contributed by atoms with Gasteiger partial charge in [0.25, 0.3) is 0 Å². The molecule has 3 rings (SSSR count). The summed E-state index contributed by atoms with van der Waals surface area (Å²) in [6, 6.07) is 6.16. The van der Waals surface area contributed by atoms with E-state index in [0.29, 0.717) is 6.54 Å². The lowest BCUT2D eigenvalue weighted by Crippen LogP contribution is -2.42. The average Bonchev–Trinajstić information content (AvgIpc) is 3.13. The van der Waals surface area contributed by atoms with Gasteiger partial charge in [0.15, 0.2) is 17.5 Å². The third kappa shape index (κ3) is 6.02. The highest BCUT2D eigenvalue weighted by molar-refractivity contribution is 14.0. The molecule has 0 saturated heterocycles. The molecule has 0 radical (unpaired) electrons. The molecule has 31 heavy (non-hydrogen) atoms. The molecule has 8 nitrogen and oxygen atoms in total. The maximum atomic E-state index is 5.47. The van der Waals surface area contributed by atoms with Crippen molar-refractivity contribution in [2.45, 2.75) is 58.5 Å². The minimum atomic E-state index is -0.176. The van der Waals surface area contributed by atoms with Gasteiger partial charge in [0.05, 0.1) is 26.8 Å². The van der Waals surface area contributed by atoms with Gasteiger partial charge in [-0.05, 0) is 44.4 Å². The van der Waals surface area contributed by atoms with Crippen LogP contribution in [0.2, 0.25) is 0 Å². The largest absolute Gasteiger partial charge is 0.493 e. The van der Waals surface area contributed by atoms with Crippen LogP contribution in [0.15, 0.2) is 23.2 Å². The summed E-state index contributed by atoms with van der Waals surface area (Å²) in [5.74, 6) is 4.06. The molecule has 1 aromatic carbocycles. The zero-order valence-electron chi connectivity index (χ0n) is 19.4. The van der Waals surface area contributed by atoms with Gasteiger partial charge in [-0.2, -0.15) is 5.10 Å². The fourth-order valence-electron chi connectivity index (χ4n) is 3.72. The topological polar surface area (TPSA) is 85.6 Å². The Morgan fingerprint density at radius 3 is 2.68 bits per heavy atom. The Bertz CT molecular complexity index is 896. The lowest BCUT2D eigenvalue weighted by atomic mass is 9.84. The number of hydrogen-bond donors (Lipinski definition) is 2. The molecule has 2 aromatic rings. The number of aliphatic imine (C=N–C) groups is 1. The lowest BCUT2D eigenvalue weighted by Gasteiger charge is -2.27. The van der Waals surface area contributed by atoms with Crippen LogP contribution in [0.3, 0.4) is 0 Å². The predicted octanol–water partition coefficient (Wildman–Crippen LogP) is 3.59. The molecular formula is C22H35IN6O2. The van der Waals surface area contributed by atoms with Crippen LogP contribution in [-0.4, -0.2) is 48.0 Å². The normalized spacial score (nSPS) is 16.2. The number of nitrogens with zero attached hydrogens (tertiary/aromatic N) is 4. The van der Waals surface area contributed by atoms with Crippen molar-refractivity contribution in [1.82, 2.24) is 25.4 Å². The zero-order valence-corrected chi connectivity index (χ0v) is 21.7. The summed E-state index contributed by atoms with van der Waals surface area (Å²) < 4.78 is 12.8. The molecule has 1 aliphatic rings. The lowest BCUT2D eigenvalue weighted by molar-refractivity contribution is 0.353. The molecule has 1 aromatic heterocycles. The zero-order chi connectivity index (χ0) is 21.7. The van der Waals surface area contributed by atoms with Crippen LogP contribution in [0, 0.1) is 6.92 Å². The maximum Gasteiger partial charge on any atom is 0.191 e. The fraction of sp³-hybridized carbons (Fsp3) is 0.591. The van der Waals surface area contributed by atoms with E-state index in [2.05, 4.69) is 47.6 Å². The smallest absolute Gasteiger partial charge is 0.191 e. The summed E-state index contributed by atoms with van der Waals surface area (Å²) in [5.41, 5.74) is 0.971. The minimum absolute atomic E-state index is 0. The van der Waals surface area contributed by atoms with Gasteiger partial charge in [-0.15, -0.1) is 24.0 Å². The molecule has 172 valence electrons. The molecule has 1 aliphatic heterocycles. The molecule has 0 amide bonds. The van der Waals surface area contributed by atoms with E-state index in [4.69, 9.17) is 14.5 Å². The Morgan fingerprint density at radius 1 is 1.26 bits per heavy atom. The number of halogens is 1. The maximum absolute atomic E-state index is 5.47. The molecule has 1 atom stereocenters. The predicted molar refractivity (Wildman–Crippen MR) is 134 cm³/mol. The van der Waals surface area contributed by atoms with Gasteiger partial charge in [0.1, 0.15) is 11.6 Å². The van der Waals surface area contributed by atoms with Crippen LogP contribution >= 0.6 is 24.0 Å². The molecule has 0 saturated carbocycles. The van der Waals surface area contributed by atoms with Gasteiger partial charge in [-0.25, -0.2) is 9.67 Å². The minimum Gasteiger partial charge on any atom is -0.493 e. The first-order chi connectivity index (χ1) is 14.4. The summed E-state index contributed by atoms with van der Waals surface area (Å²) in [6.45, 7) is 10.7. The highest BCUT2D eigenvalue weighted by Gasteiger charge is 2.26. The van der Waals surface area contributed by atoms with E-state index in [0.717, 1.165) is 60.6 Å². The SMILES string of the molecule is CCNC(=NCC(C)(C)c1ccc(OC)c(OC)c1)NC1CCCn2nc(C)nc21.I. The number of guanidine groups is 1. The molecule has 0 spiro atoms. The monoisotopic (exact) mass is 542 g/mol. The Balaban J connectivity index is 0.00000341. The van der Waals surface area contributed by atoms with Crippen molar-refractivity contribution in [3.05, 3.63) is 35.4 Å². The van der Waals surface area contributed by atoms with Crippen LogP contribution in [0.25, 0.3) is 0 Å². The quantitative estimate of drug-likeness (QED) is 0.316. The second-order valence-corrected chi connectivity index (χ2v) is 8.23. The van der Waals surface area contributed by atoms with Gasteiger partial charge < -0.3 is 20.1 Å².